The van der Waals surface area contributed by atoms with Crippen molar-refractivity contribution in [3.63, 3.8) is 0 Å². The van der Waals surface area contributed by atoms with Crippen LogP contribution < -0.4 is 5.32 Å². The summed E-state index contributed by atoms with van der Waals surface area (Å²) in [6.07, 6.45) is 6.08. The van der Waals surface area contributed by atoms with Crippen LogP contribution >= 0.6 is 0 Å². The third-order valence-electron chi connectivity index (χ3n) is 3.65. The summed E-state index contributed by atoms with van der Waals surface area (Å²) in [6, 6.07) is 7.15. The van der Waals surface area contributed by atoms with Gasteiger partial charge in [-0.25, -0.2) is 0 Å². The van der Waals surface area contributed by atoms with E-state index in [9.17, 15) is 18.9 Å². The second-order valence-corrected chi connectivity index (χ2v) is 6.84. The van der Waals surface area contributed by atoms with E-state index < -0.39 is 28.6 Å². The molecule has 0 heterocycles. The maximum Gasteiger partial charge on any atom is 0.307 e. The van der Waals surface area contributed by atoms with Crippen LogP contribution in [0.1, 0.15) is 18.4 Å². The van der Waals surface area contributed by atoms with Gasteiger partial charge in [0.15, 0.2) is 0 Å². The first-order valence-corrected chi connectivity index (χ1v) is 8.77. The van der Waals surface area contributed by atoms with E-state index in [1.165, 1.54) is 0 Å². The molecule has 1 aromatic rings. The van der Waals surface area contributed by atoms with Gasteiger partial charge in [0.1, 0.15) is 0 Å². The smallest absolute Gasteiger partial charge is 0.307 e. The van der Waals surface area contributed by atoms with Crippen LogP contribution in [0.3, 0.4) is 0 Å². The van der Waals surface area contributed by atoms with Gasteiger partial charge in [0.05, 0.1) is 11.8 Å². The number of benzene rings is 1. The molecule has 0 radical (unpaired) electrons. The topological polar surface area (TPSA) is 83.5 Å². The zero-order chi connectivity index (χ0) is 16.1. The number of allylic oxidation sites excluding steroid dienone is 2. The van der Waals surface area contributed by atoms with E-state index in [1.807, 2.05) is 12.1 Å². The molecule has 0 spiro atoms. The zero-order valence-corrected chi connectivity index (χ0v) is 13.1. The Morgan fingerprint density at radius 1 is 1.27 bits per heavy atom. The maximum absolute atomic E-state index is 12.3. The molecule has 1 aromatic carbocycles. The summed E-state index contributed by atoms with van der Waals surface area (Å²) in [5.41, 5.74) is 1.48. The van der Waals surface area contributed by atoms with E-state index in [2.05, 4.69) is 5.32 Å². The van der Waals surface area contributed by atoms with Crippen LogP contribution in [0.25, 0.3) is 0 Å². The van der Waals surface area contributed by atoms with Gasteiger partial charge < -0.3 is 10.4 Å². The summed E-state index contributed by atoms with van der Waals surface area (Å²) >= 11 is 0. The predicted octanol–water partition coefficient (Wildman–Crippen LogP) is 2.17. The molecule has 0 fully saturated rings. The summed E-state index contributed by atoms with van der Waals surface area (Å²) < 4.78 is 11.3. The molecule has 22 heavy (non-hydrogen) atoms. The number of rotatable bonds is 5. The monoisotopic (exact) mass is 321 g/mol. The molecule has 3 atom stereocenters. The van der Waals surface area contributed by atoms with Crippen LogP contribution in [-0.4, -0.2) is 27.4 Å². The molecular formula is C16H19NO4S. The van der Waals surface area contributed by atoms with Gasteiger partial charge in [0.2, 0.25) is 5.91 Å². The van der Waals surface area contributed by atoms with Crippen molar-refractivity contribution >= 4 is 28.4 Å². The van der Waals surface area contributed by atoms with Crippen molar-refractivity contribution in [2.45, 2.75) is 18.6 Å². The summed E-state index contributed by atoms with van der Waals surface area (Å²) in [4.78, 5) is 23.6. The molecule has 0 saturated carbocycles. The zero-order valence-electron chi connectivity index (χ0n) is 12.3. The lowest BCUT2D eigenvalue weighted by atomic mass is 9.82. The Morgan fingerprint density at radius 3 is 2.59 bits per heavy atom. The Balaban J connectivity index is 2.09. The highest BCUT2D eigenvalue weighted by atomic mass is 32.2. The fourth-order valence-corrected chi connectivity index (χ4v) is 3.23. The van der Waals surface area contributed by atoms with Gasteiger partial charge in [-0.3, -0.25) is 13.8 Å². The number of carboxylic acid groups (broad SMARTS) is 1. The number of carboxylic acids is 1. The average molecular weight is 321 g/mol. The second-order valence-electron chi connectivity index (χ2n) is 5.40. The summed E-state index contributed by atoms with van der Waals surface area (Å²) in [6.45, 7) is 0. The van der Waals surface area contributed by atoms with E-state index in [1.54, 1.807) is 30.5 Å². The number of hydrogen-bond acceptors (Lipinski definition) is 3. The molecule has 5 nitrogen and oxygen atoms in total. The summed E-state index contributed by atoms with van der Waals surface area (Å²) in [5.74, 6) is -2.05. The highest BCUT2D eigenvalue weighted by molar-refractivity contribution is 7.83. The van der Waals surface area contributed by atoms with Crippen molar-refractivity contribution in [1.29, 1.82) is 0 Å². The fourth-order valence-electron chi connectivity index (χ4n) is 2.59. The van der Waals surface area contributed by atoms with Crippen molar-refractivity contribution in [1.82, 2.24) is 0 Å². The molecule has 1 aliphatic carbocycles. The minimum atomic E-state index is -0.953. The lowest BCUT2D eigenvalue weighted by Crippen LogP contribution is -2.34. The van der Waals surface area contributed by atoms with Crippen molar-refractivity contribution < 1.29 is 18.9 Å². The first-order valence-electron chi connectivity index (χ1n) is 7.05. The number of amides is 1. The quantitative estimate of drug-likeness (QED) is 0.814. The van der Waals surface area contributed by atoms with E-state index in [0.29, 0.717) is 24.3 Å². The molecule has 0 saturated heterocycles. The first kappa shape index (κ1) is 16.4. The molecule has 118 valence electrons. The minimum Gasteiger partial charge on any atom is -0.481 e. The third-order valence-corrected chi connectivity index (χ3v) is 4.39. The molecule has 2 N–H and O–H groups in total. The average Bonchev–Trinajstić information content (AvgIpc) is 2.46. The molecule has 1 aliphatic rings. The van der Waals surface area contributed by atoms with Crippen LogP contribution in [-0.2, 0) is 26.1 Å². The van der Waals surface area contributed by atoms with Crippen molar-refractivity contribution in [2.75, 3.05) is 11.6 Å². The number of anilines is 1. The minimum absolute atomic E-state index is 0.286. The number of carbonyl (C=O) groups excluding carboxylic acids is 1. The van der Waals surface area contributed by atoms with Gasteiger partial charge in [-0.2, -0.15) is 0 Å². The molecule has 6 heteroatoms. The van der Waals surface area contributed by atoms with Crippen LogP contribution in [0.2, 0.25) is 0 Å². The lowest BCUT2D eigenvalue weighted by Gasteiger charge is -2.24. The first-order chi connectivity index (χ1) is 10.5. The van der Waals surface area contributed by atoms with Crippen molar-refractivity contribution in [2.24, 2.45) is 11.8 Å². The van der Waals surface area contributed by atoms with Gasteiger partial charge in [0, 0.05) is 28.5 Å². The summed E-state index contributed by atoms with van der Waals surface area (Å²) in [5, 5.41) is 12.0. The van der Waals surface area contributed by atoms with Crippen LogP contribution in [0.4, 0.5) is 5.69 Å². The van der Waals surface area contributed by atoms with Crippen LogP contribution in [0.5, 0.6) is 0 Å². The summed E-state index contributed by atoms with van der Waals surface area (Å²) in [7, 11) is -0.953. The molecular weight excluding hydrogens is 302 g/mol. The van der Waals surface area contributed by atoms with Gasteiger partial charge in [0.25, 0.3) is 0 Å². The Bertz CT molecular complexity index is 626. The largest absolute Gasteiger partial charge is 0.481 e. The highest BCUT2D eigenvalue weighted by Crippen LogP contribution is 2.27. The Kier molecular flexibility index (Phi) is 5.49. The number of nitrogens with one attached hydrogen (secondary N) is 1. The predicted molar refractivity (Wildman–Crippen MR) is 85.8 cm³/mol. The lowest BCUT2D eigenvalue weighted by molar-refractivity contribution is -0.146. The standard InChI is InChI=1S/C16H19NO4S/c1-22(21)10-11-5-4-6-12(9-11)17-15(18)13-7-2-3-8-14(13)16(19)20/h2-6,9,13-14H,7-8,10H2,1H3,(H,17,18)(H,19,20)/t13-,14+,22?/m1/s1. The normalized spacial score (nSPS) is 22.0. The molecule has 2 rings (SSSR count). The van der Waals surface area contributed by atoms with E-state index in [4.69, 9.17) is 0 Å². The Labute approximate surface area is 131 Å². The number of carbonyl (C=O) groups is 2. The number of aliphatic carboxylic acids is 1. The van der Waals surface area contributed by atoms with Gasteiger partial charge in [-0.1, -0.05) is 24.3 Å². The molecule has 0 bridgehead atoms. The van der Waals surface area contributed by atoms with Gasteiger partial charge in [-0.05, 0) is 30.5 Å². The second kappa shape index (κ2) is 7.35. The maximum atomic E-state index is 12.3. The molecule has 0 aliphatic heterocycles. The highest BCUT2D eigenvalue weighted by Gasteiger charge is 2.33. The Hall–Kier alpha value is -1.95. The van der Waals surface area contributed by atoms with Crippen molar-refractivity contribution in [3.05, 3.63) is 42.0 Å². The van der Waals surface area contributed by atoms with Gasteiger partial charge in [-0.15, -0.1) is 0 Å². The van der Waals surface area contributed by atoms with Crippen molar-refractivity contribution in [3.8, 4) is 0 Å². The Morgan fingerprint density at radius 2 is 1.95 bits per heavy atom. The SMILES string of the molecule is CS(=O)Cc1cccc(NC(=O)[C@@H]2CC=CC[C@@H]2C(=O)O)c1. The van der Waals surface area contributed by atoms with E-state index >= 15 is 0 Å². The van der Waals surface area contributed by atoms with E-state index in [-0.39, 0.29) is 5.91 Å². The molecule has 1 amide bonds. The van der Waals surface area contributed by atoms with Crippen LogP contribution in [0, 0.1) is 11.8 Å². The molecule has 0 aromatic heterocycles. The van der Waals surface area contributed by atoms with Gasteiger partial charge >= 0.3 is 5.97 Å². The fraction of sp³-hybridized carbons (Fsp3) is 0.375. The molecule has 1 unspecified atom stereocenters. The van der Waals surface area contributed by atoms with E-state index in [0.717, 1.165) is 5.56 Å². The number of hydrogen-bond donors (Lipinski definition) is 2. The van der Waals surface area contributed by atoms with Crippen LogP contribution in [0.15, 0.2) is 36.4 Å². The third kappa shape index (κ3) is 4.27.